The molecule has 107 heavy (non-hydrogen) atoms. The molecule has 1 aromatic heterocycles. The zero-order valence-electron chi connectivity index (χ0n) is 56.2. The molecule has 0 fully saturated rings. The molecule has 0 unspecified atom stereocenters. The second kappa shape index (κ2) is 35.9. The van der Waals surface area contributed by atoms with E-state index < -0.39 is 11.7 Å². The monoisotopic (exact) mass is 1760 g/mol. The van der Waals surface area contributed by atoms with E-state index in [0.717, 1.165) is 81.7 Å². The number of hydrogen-bond donors (Lipinski definition) is 1. The van der Waals surface area contributed by atoms with E-state index in [1.165, 1.54) is 47.4 Å². The topological polar surface area (TPSA) is 224 Å². The standard InChI is InChI=1S/C15H10O3.C12H10O4.C9H6Cl2OS.C9H5F3OS.C9H8O2S.C8H5ClO2S.C8H5ClOS.C8H6OS.Pr/c16-12-5-6-17-14-7-10-9-3-1-2-4-13(9)18-15(10)8-11(12)14;13-9-1-3-15-11-6-8-10(14)2-4-16-12(8)5-7(9)11;1-4-5(10)2-6(11)9-8(4)7(12)3-13-9;10-9(11,12)5-1-2-8-6(3-5)7(13)4-14-8;1-11-6-2-3-7-8(10)5-12-9(7)4-6;9-4-1-2-5(10)8-7(4)6(11)3-12-8;9-5-1-2-8-6(3-5)7(10)4-11-8;9-7-5-10-8-4-2-1-3-6(7)8;/h1-4,7-8H,5-6H2;5-6H,1-4H2;2H,3H2,1H3;1-3H,4H2;2-4H,5H2,1H3;1-2,10H,3H2;1-3H,4H2;1-4H,5H2;. The molecule has 0 amide bonds. The van der Waals surface area contributed by atoms with Gasteiger partial charge in [-0.25, -0.2) is 0 Å². The quantitative estimate of drug-likeness (QED) is 0.161. The predicted molar refractivity (Wildman–Crippen MR) is 410 cm³/mol. The number of halogens is 7. The normalized spacial score (nSPS) is 15.4. The van der Waals surface area contributed by atoms with Gasteiger partial charge in [-0.1, -0.05) is 82.8 Å². The second-order valence-corrected chi connectivity index (χ2v) is 31.5. The number of Topliss-reactive ketones (excluding diaryl/α,β-unsaturated/α-hetero) is 9. The van der Waals surface area contributed by atoms with Crippen molar-refractivity contribution < 1.29 is 126 Å². The molecule has 0 aliphatic carbocycles. The number of hydrogen-bond acceptors (Lipinski definition) is 21. The first-order chi connectivity index (χ1) is 50.8. The molecule has 9 aromatic carbocycles. The number of furan rings is 1. The van der Waals surface area contributed by atoms with Gasteiger partial charge in [0.15, 0.2) is 52.0 Å². The van der Waals surface area contributed by atoms with E-state index in [-0.39, 0.29) is 110 Å². The largest absolute Gasteiger partial charge is 0.507 e. The van der Waals surface area contributed by atoms with Crippen LogP contribution in [0.2, 0.25) is 20.1 Å². The Kier molecular flexibility index (Phi) is 27.3. The summed E-state index contributed by atoms with van der Waals surface area (Å²) in [6.07, 6.45) is -3.15. The van der Waals surface area contributed by atoms with Gasteiger partial charge in [0.05, 0.1) is 104 Å². The molecule has 0 saturated carbocycles. The van der Waals surface area contributed by atoms with Gasteiger partial charge < -0.3 is 28.5 Å². The molecule has 545 valence electrons. The van der Waals surface area contributed by atoms with E-state index in [2.05, 4.69) is 0 Å². The summed E-state index contributed by atoms with van der Waals surface area (Å²) in [6, 6.07) is 41.6. The molecular weight excluding hydrogens is 1710 g/mol. The average molecular weight is 1760 g/mol. The fourth-order valence-electron chi connectivity index (χ4n) is 11.6. The third-order valence-electron chi connectivity index (χ3n) is 17.0. The minimum absolute atomic E-state index is 0. The maximum absolute atomic E-state index is 12.3. The number of fused-ring (bicyclic) bond motifs is 12. The number of aromatic hydroxyl groups is 1. The molecule has 0 atom stereocenters. The fourth-order valence-corrected chi connectivity index (χ4v) is 18.6. The number of carbonyl (C=O) groups excluding carboxylic acids is 9. The molecule has 9 aliphatic rings. The Morgan fingerprint density at radius 1 is 0.411 bits per heavy atom. The Hall–Kier alpha value is -6.78. The van der Waals surface area contributed by atoms with Crippen LogP contribution in [-0.2, 0) is 6.18 Å². The maximum atomic E-state index is 12.3. The number of phenolic OH excluding ortho intramolecular Hbond substituents is 1. The van der Waals surface area contributed by atoms with Crippen LogP contribution in [0.1, 0.15) is 124 Å². The number of alkyl halides is 3. The Morgan fingerprint density at radius 2 is 0.907 bits per heavy atom. The number of ketones is 9. The predicted octanol–water partition coefficient (Wildman–Crippen LogP) is 20.7. The fraction of sp³-hybridized carbons (Fsp3) is 0.192. The summed E-state index contributed by atoms with van der Waals surface area (Å²) in [4.78, 5) is 108. The molecule has 0 saturated heterocycles. The number of methoxy groups -OCH3 is 1. The van der Waals surface area contributed by atoms with Crippen molar-refractivity contribution in [1.29, 1.82) is 0 Å². The van der Waals surface area contributed by atoms with E-state index >= 15 is 0 Å². The van der Waals surface area contributed by atoms with E-state index in [4.69, 9.17) is 69.8 Å². The number of carbonyl (C=O) groups is 9. The van der Waals surface area contributed by atoms with Crippen LogP contribution in [0.5, 0.6) is 28.7 Å². The number of ether oxygens (including phenoxy) is 4. The first-order valence-corrected chi connectivity index (χ1v) is 39.6. The molecule has 10 heterocycles. The van der Waals surface area contributed by atoms with Crippen molar-refractivity contribution in [3.05, 3.63) is 227 Å². The smallest absolute Gasteiger partial charge is 0.416 e. The minimum atomic E-state index is -4.37. The zero-order chi connectivity index (χ0) is 75.3. The number of thioether (sulfide) groups is 6. The SMILES string of the molecule is COc1ccc2c(c1)SCC2=O.Cc1c(Cl)cc(Cl)c2c1C(=O)CS2.O=C1CCOc2cc3c(cc21)OCCC3=O.O=C1CCOc2cc3c(cc21)oc1ccccc13.O=C1CSc2c(O)ccc(Cl)c21.O=C1CSc2ccc(C(F)(F)F)cc21.O=C1CSc2ccc(Cl)cc21.O=C1CSc2ccccc21.[Pr]. The summed E-state index contributed by atoms with van der Waals surface area (Å²) in [6.45, 7) is 3.09. The minimum Gasteiger partial charge on any atom is -0.507 e. The molecule has 10 aromatic rings. The molecule has 15 nitrogen and oxygen atoms in total. The molecule has 29 heteroatoms. The number of phenols is 1. The van der Waals surface area contributed by atoms with Crippen LogP contribution in [0.25, 0.3) is 21.9 Å². The zero-order valence-corrected chi connectivity index (χ0v) is 67.8. The van der Waals surface area contributed by atoms with Crippen LogP contribution >= 0.6 is 117 Å². The van der Waals surface area contributed by atoms with Gasteiger partial charge in [0.1, 0.15) is 39.9 Å². The van der Waals surface area contributed by atoms with Crippen LogP contribution in [0.4, 0.5) is 13.2 Å². The Balaban J connectivity index is 0.000000122. The van der Waals surface area contributed by atoms with Crippen LogP contribution in [0.3, 0.4) is 0 Å². The van der Waals surface area contributed by atoms with Gasteiger partial charge in [-0.15, -0.1) is 70.6 Å². The van der Waals surface area contributed by atoms with Crippen LogP contribution < -0.4 is 18.9 Å². The van der Waals surface area contributed by atoms with Gasteiger partial charge in [0, 0.05) is 134 Å². The Bertz CT molecular complexity index is 5260. The van der Waals surface area contributed by atoms with Crippen LogP contribution in [0, 0.1) is 48.2 Å². The summed E-state index contributed by atoms with van der Waals surface area (Å²) in [5, 5.41) is 13.6. The van der Waals surface area contributed by atoms with E-state index in [9.17, 15) is 61.4 Å². The van der Waals surface area contributed by atoms with Crippen molar-refractivity contribution in [3.63, 3.8) is 0 Å². The summed E-state index contributed by atoms with van der Waals surface area (Å²) in [7, 11) is 1.63. The molecule has 9 aliphatic heterocycles. The first kappa shape index (κ1) is 81.2. The Labute approximate surface area is 688 Å². The number of para-hydroxylation sites is 1. The van der Waals surface area contributed by atoms with Gasteiger partial charge in [-0.3, -0.25) is 43.2 Å². The summed E-state index contributed by atoms with van der Waals surface area (Å²) in [5.74, 6) is 6.31. The third kappa shape index (κ3) is 18.8. The molecular formula is C78H55Cl4F3O15PrS6. The number of rotatable bonds is 1. The number of benzene rings is 9. The summed E-state index contributed by atoms with van der Waals surface area (Å²) >= 11 is 32.3. The molecule has 1 N–H and O–H groups in total. The molecule has 19 rings (SSSR count). The van der Waals surface area contributed by atoms with Gasteiger partial charge in [0.2, 0.25) is 0 Å². The molecule has 0 spiro atoms. The third-order valence-corrected chi connectivity index (χ3v) is 24.8. The van der Waals surface area contributed by atoms with Crippen molar-refractivity contribution in [2.24, 2.45) is 0 Å². The second-order valence-electron chi connectivity index (χ2n) is 23.8. The van der Waals surface area contributed by atoms with E-state index in [1.807, 2.05) is 91.9 Å². The summed E-state index contributed by atoms with van der Waals surface area (Å²) in [5.41, 5.74) is 7.25. The van der Waals surface area contributed by atoms with Crippen molar-refractivity contribution in [2.75, 3.05) is 61.4 Å². The van der Waals surface area contributed by atoms with E-state index in [1.54, 1.807) is 78.8 Å². The van der Waals surface area contributed by atoms with Crippen molar-refractivity contribution in [3.8, 4) is 28.7 Å². The maximum Gasteiger partial charge on any atom is 0.416 e. The van der Waals surface area contributed by atoms with Crippen molar-refractivity contribution >= 4 is 191 Å². The average Bonchev–Trinajstić information content (AvgIpc) is 1.60. The Morgan fingerprint density at radius 3 is 1.50 bits per heavy atom. The van der Waals surface area contributed by atoms with E-state index in [0.29, 0.717) is 143 Å². The van der Waals surface area contributed by atoms with Crippen LogP contribution in [-0.4, -0.2) is 119 Å². The first-order valence-electron chi connectivity index (χ1n) is 32.2. The van der Waals surface area contributed by atoms with Crippen molar-refractivity contribution in [2.45, 2.75) is 61.7 Å². The van der Waals surface area contributed by atoms with Crippen molar-refractivity contribution in [1.82, 2.24) is 0 Å². The molecule has 0 bridgehead atoms. The van der Waals surface area contributed by atoms with Crippen LogP contribution in [0.15, 0.2) is 179 Å². The van der Waals surface area contributed by atoms with Gasteiger partial charge in [-0.2, -0.15) is 13.2 Å². The summed E-state index contributed by atoms with van der Waals surface area (Å²) < 4.78 is 63.9. The van der Waals surface area contributed by atoms with Gasteiger partial charge in [0.25, 0.3) is 0 Å². The van der Waals surface area contributed by atoms with Gasteiger partial charge in [-0.05, 0) is 122 Å². The van der Waals surface area contributed by atoms with Gasteiger partial charge >= 0.3 is 6.18 Å². The molecule has 1 radical (unpaired) electrons.